The Bertz CT molecular complexity index is 727. The smallest absolute Gasteiger partial charge is 0.251 e. The average Bonchev–Trinajstić information content (AvgIpc) is 2.95. The highest BCUT2D eigenvalue weighted by Gasteiger charge is 2.47. The number of carbonyl (C=O) groups excluding carboxylic acids is 3. The monoisotopic (exact) mass is 367 g/mol. The molecule has 2 saturated heterocycles. The summed E-state index contributed by atoms with van der Waals surface area (Å²) in [6.45, 7) is 1.92. The SMILES string of the molecule is O=C(NC1CCN(CN2C(=O)[C@H]3CC=CC[C@H]3C2=O)CC1)c1ccccc1. The van der Waals surface area contributed by atoms with Gasteiger partial charge in [0.05, 0.1) is 18.5 Å². The van der Waals surface area contributed by atoms with E-state index < -0.39 is 0 Å². The third kappa shape index (κ3) is 3.67. The van der Waals surface area contributed by atoms with Crippen LogP contribution in [0.2, 0.25) is 0 Å². The minimum atomic E-state index is -0.162. The Morgan fingerprint density at radius 2 is 1.56 bits per heavy atom. The molecule has 0 unspecified atom stereocenters. The second kappa shape index (κ2) is 7.64. The van der Waals surface area contributed by atoms with Gasteiger partial charge in [-0.1, -0.05) is 30.4 Å². The van der Waals surface area contributed by atoms with Crippen molar-refractivity contribution in [3.8, 4) is 0 Å². The Hall–Kier alpha value is -2.47. The molecule has 0 saturated carbocycles. The molecule has 2 heterocycles. The van der Waals surface area contributed by atoms with Gasteiger partial charge in [0.2, 0.25) is 11.8 Å². The van der Waals surface area contributed by atoms with Gasteiger partial charge in [-0.2, -0.15) is 0 Å². The number of fused-ring (bicyclic) bond motifs is 1. The summed E-state index contributed by atoms with van der Waals surface area (Å²) in [5.41, 5.74) is 0.671. The number of benzene rings is 1. The van der Waals surface area contributed by atoms with Gasteiger partial charge < -0.3 is 5.32 Å². The van der Waals surface area contributed by atoms with Crippen LogP contribution in [0.1, 0.15) is 36.0 Å². The van der Waals surface area contributed by atoms with Crippen LogP contribution < -0.4 is 5.32 Å². The first-order valence-corrected chi connectivity index (χ1v) is 9.72. The zero-order valence-electron chi connectivity index (χ0n) is 15.3. The summed E-state index contributed by atoms with van der Waals surface area (Å²) in [5.74, 6) is -0.409. The number of likely N-dealkylation sites (tertiary alicyclic amines) is 2. The average molecular weight is 367 g/mol. The number of amides is 3. The Labute approximate surface area is 159 Å². The Morgan fingerprint density at radius 1 is 0.963 bits per heavy atom. The fraction of sp³-hybridized carbons (Fsp3) is 0.476. The lowest BCUT2D eigenvalue weighted by Gasteiger charge is -2.34. The second-order valence-electron chi connectivity index (χ2n) is 7.63. The first-order valence-electron chi connectivity index (χ1n) is 9.72. The molecule has 2 atom stereocenters. The zero-order valence-corrected chi connectivity index (χ0v) is 15.3. The lowest BCUT2D eigenvalue weighted by atomic mass is 9.85. The van der Waals surface area contributed by atoms with Crippen LogP contribution in [-0.2, 0) is 9.59 Å². The predicted octanol–water partition coefficient (Wildman–Crippen LogP) is 1.79. The van der Waals surface area contributed by atoms with Gasteiger partial charge in [-0.25, -0.2) is 0 Å². The van der Waals surface area contributed by atoms with Crippen molar-refractivity contribution in [3.63, 3.8) is 0 Å². The number of piperidine rings is 1. The molecule has 3 amide bonds. The lowest BCUT2D eigenvalue weighted by molar-refractivity contribution is -0.142. The van der Waals surface area contributed by atoms with Crippen molar-refractivity contribution in [2.24, 2.45) is 11.8 Å². The summed E-state index contributed by atoms with van der Waals surface area (Å²) < 4.78 is 0. The van der Waals surface area contributed by atoms with Gasteiger partial charge in [-0.3, -0.25) is 24.2 Å². The number of nitrogens with one attached hydrogen (secondary N) is 1. The molecule has 0 aromatic heterocycles. The second-order valence-corrected chi connectivity index (χ2v) is 7.63. The summed E-state index contributed by atoms with van der Waals surface area (Å²) in [6, 6.07) is 9.35. The third-order valence-corrected chi connectivity index (χ3v) is 5.90. The van der Waals surface area contributed by atoms with E-state index in [4.69, 9.17) is 0 Å². The molecule has 1 N–H and O–H groups in total. The van der Waals surface area contributed by atoms with E-state index in [2.05, 4.69) is 10.2 Å². The maximum Gasteiger partial charge on any atom is 0.251 e. The minimum absolute atomic E-state index is 0.0196. The predicted molar refractivity (Wildman–Crippen MR) is 101 cm³/mol. The van der Waals surface area contributed by atoms with Crippen molar-refractivity contribution >= 4 is 17.7 Å². The highest BCUT2D eigenvalue weighted by atomic mass is 16.2. The summed E-state index contributed by atoms with van der Waals surface area (Å²) in [4.78, 5) is 41.0. The van der Waals surface area contributed by atoms with Crippen LogP contribution in [0.3, 0.4) is 0 Å². The van der Waals surface area contributed by atoms with E-state index in [0.717, 1.165) is 25.9 Å². The number of hydrogen-bond acceptors (Lipinski definition) is 4. The number of nitrogens with zero attached hydrogens (tertiary/aromatic N) is 2. The molecule has 6 heteroatoms. The Kier molecular flexibility index (Phi) is 5.07. The molecular formula is C21H25N3O3. The lowest BCUT2D eigenvalue weighted by Crippen LogP contribution is -2.49. The van der Waals surface area contributed by atoms with Crippen LogP contribution in [0.25, 0.3) is 0 Å². The fourth-order valence-corrected chi connectivity index (χ4v) is 4.29. The van der Waals surface area contributed by atoms with Gasteiger partial charge in [0.1, 0.15) is 0 Å². The number of allylic oxidation sites excluding steroid dienone is 2. The van der Waals surface area contributed by atoms with Crippen molar-refractivity contribution in [2.75, 3.05) is 19.8 Å². The van der Waals surface area contributed by atoms with E-state index in [1.54, 1.807) is 0 Å². The number of rotatable bonds is 4. The molecule has 0 spiro atoms. The molecule has 1 aromatic rings. The maximum absolute atomic E-state index is 12.6. The molecule has 27 heavy (non-hydrogen) atoms. The van der Waals surface area contributed by atoms with E-state index in [1.807, 2.05) is 42.5 Å². The molecule has 1 aliphatic carbocycles. The van der Waals surface area contributed by atoms with Gasteiger partial charge in [0, 0.05) is 24.7 Å². The van der Waals surface area contributed by atoms with Crippen LogP contribution >= 0.6 is 0 Å². The van der Waals surface area contributed by atoms with Gasteiger partial charge in [0.15, 0.2) is 0 Å². The molecule has 6 nitrogen and oxygen atoms in total. The summed E-state index contributed by atoms with van der Waals surface area (Å²) in [6.07, 6.45) is 7.03. The van der Waals surface area contributed by atoms with E-state index >= 15 is 0 Å². The number of imide groups is 1. The number of carbonyl (C=O) groups is 3. The van der Waals surface area contributed by atoms with E-state index in [-0.39, 0.29) is 35.6 Å². The topological polar surface area (TPSA) is 69.7 Å². The molecule has 3 aliphatic rings. The van der Waals surface area contributed by atoms with Crippen molar-refractivity contribution < 1.29 is 14.4 Å². The molecule has 1 aromatic carbocycles. The van der Waals surface area contributed by atoms with Gasteiger partial charge in [-0.15, -0.1) is 0 Å². The van der Waals surface area contributed by atoms with E-state index in [1.165, 1.54) is 4.90 Å². The molecule has 0 radical (unpaired) electrons. The van der Waals surface area contributed by atoms with Crippen molar-refractivity contribution in [2.45, 2.75) is 31.7 Å². The largest absolute Gasteiger partial charge is 0.349 e. The highest BCUT2D eigenvalue weighted by Crippen LogP contribution is 2.35. The van der Waals surface area contributed by atoms with Crippen LogP contribution in [-0.4, -0.2) is 53.3 Å². The third-order valence-electron chi connectivity index (χ3n) is 5.90. The van der Waals surface area contributed by atoms with Crippen LogP contribution in [0.15, 0.2) is 42.5 Å². The molecule has 2 aliphatic heterocycles. The standard InChI is InChI=1S/C21H25N3O3/c25-19(15-6-2-1-3-7-15)22-16-10-12-23(13-11-16)14-24-20(26)17-8-4-5-9-18(17)21(24)27/h1-7,16-18H,8-14H2,(H,22,25)/t17-,18+. The fourth-order valence-electron chi connectivity index (χ4n) is 4.29. The highest BCUT2D eigenvalue weighted by molar-refractivity contribution is 6.05. The molecule has 4 rings (SSSR count). The van der Waals surface area contributed by atoms with Crippen LogP contribution in [0, 0.1) is 11.8 Å². The summed E-state index contributed by atoms with van der Waals surface area (Å²) >= 11 is 0. The normalized spacial score (nSPS) is 26.3. The van der Waals surface area contributed by atoms with Crippen LogP contribution in [0.4, 0.5) is 0 Å². The minimum Gasteiger partial charge on any atom is -0.349 e. The Morgan fingerprint density at radius 3 is 2.15 bits per heavy atom. The summed E-state index contributed by atoms with van der Waals surface area (Å²) in [7, 11) is 0. The van der Waals surface area contributed by atoms with Crippen LogP contribution in [0.5, 0.6) is 0 Å². The Balaban J connectivity index is 1.28. The number of hydrogen-bond donors (Lipinski definition) is 1. The van der Waals surface area contributed by atoms with Gasteiger partial charge in [-0.05, 0) is 37.8 Å². The van der Waals surface area contributed by atoms with Crippen molar-refractivity contribution in [1.82, 2.24) is 15.1 Å². The quantitative estimate of drug-likeness (QED) is 0.651. The van der Waals surface area contributed by atoms with Gasteiger partial charge >= 0.3 is 0 Å². The molecule has 142 valence electrons. The van der Waals surface area contributed by atoms with Crippen molar-refractivity contribution in [1.29, 1.82) is 0 Å². The maximum atomic E-state index is 12.6. The van der Waals surface area contributed by atoms with Gasteiger partial charge in [0.25, 0.3) is 5.91 Å². The van der Waals surface area contributed by atoms with Crippen molar-refractivity contribution in [3.05, 3.63) is 48.0 Å². The molecule has 2 fully saturated rings. The summed E-state index contributed by atoms with van der Waals surface area (Å²) in [5, 5.41) is 3.09. The first kappa shape index (κ1) is 17.9. The molecular weight excluding hydrogens is 342 g/mol. The molecule has 0 bridgehead atoms. The zero-order chi connectivity index (χ0) is 18.8. The van der Waals surface area contributed by atoms with E-state index in [9.17, 15) is 14.4 Å². The first-order chi connectivity index (χ1) is 13.1. The van der Waals surface area contributed by atoms with E-state index in [0.29, 0.717) is 25.1 Å².